The van der Waals surface area contributed by atoms with Gasteiger partial charge in [-0.3, -0.25) is 48.5 Å². The van der Waals surface area contributed by atoms with Gasteiger partial charge in [0, 0.05) is 42.4 Å². The number of methoxy groups -OCH3 is 1. The van der Waals surface area contributed by atoms with E-state index in [-0.39, 0.29) is 178 Å². The number of benzene rings is 3. The third-order valence-electron chi connectivity index (χ3n) is 14.4. The Morgan fingerprint density at radius 3 is 1.33 bits per heavy atom. The molecule has 11 rings (SSSR count). The third kappa shape index (κ3) is 47.8. The molecular formula is C73H103LiN22O25S4. The van der Waals surface area contributed by atoms with Crippen molar-refractivity contribution in [2.75, 3.05) is 47.3 Å². The Bertz CT molecular complexity index is 5420. The van der Waals surface area contributed by atoms with E-state index in [0.29, 0.717) is 51.5 Å². The minimum Gasteiger partial charge on any atom is -0.870 e. The van der Waals surface area contributed by atoms with Gasteiger partial charge < -0.3 is 127 Å². The first-order valence-corrected chi connectivity index (χ1v) is 35.5. The monoisotopic (exact) mass is 1820 g/mol. The van der Waals surface area contributed by atoms with E-state index < -0.39 is 51.9 Å². The second-order valence-electron chi connectivity index (χ2n) is 24.1. The van der Waals surface area contributed by atoms with Crippen molar-refractivity contribution in [2.24, 2.45) is 51.4 Å². The van der Waals surface area contributed by atoms with Crippen LogP contribution in [0, 0.1) is 62.7 Å². The number of aryl methyl sites for hydroxylation is 3. The summed E-state index contributed by atoms with van der Waals surface area (Å²) in [7, 11) is -3.31. The van der Waals surface area contributed by atoms with Crippen LogP contribution < -0.4 is 97.9 Å². The number of Topliss-reactive ketones (excluding diaryl/α,β-unsaturated/α-hetero) is 2. The van der Waals surface area contributed by atoms with Gasteiger partial charge in [-0.1, -0.05) is 53.7 Å². The van der Waals surface area contributed by atoms with Crippen molar-refractivity contribution in [2.45, 2.75) is 106 Å². The number of carbonyl (C=O) groups is 7. The molecule has 1 unspecified atom stereocenters. The van der Waals surface area contributed by atoms with Crippen LogP contribution >= 0.6 is 40.5 Å². The standard InChI is InChI=1S/C17H18N4O3.C16H16N4O3.C10H13NO.C9H12O3.2C7H7N3O2.C4H8N2O.CH5N3.CH4N2O.CH2O3.Li.H2O4S.2H2O.3H2S/c1-9-8-13-14(20-17(18)21-15(13)24-9)19-10(2)11-4-6-12(7-5-11)16(22)23-3;1-8-7-12-13(19-16(17)20-14(12)23-8)18-9(2)10-3-5-11(6-4-10)15(21)22;1-7(11)9-3-5-10(6-4-9)8(2)12;1-4-6-8(7(3)10)9(11)12-5-2;1-3-2-4-5(11)9-7(8)10-6(4)12-3;1-2-3-4-5(11)9-7(8)10-6(4)12;5-4(6-7)3-1-2-3;3*2-1(3)4;;1-5(2,3)4;;;;;/h4-8,10H,1-3H3,(H3,18,19,20,21);3-7,9H,1-2H3,(H,21,22)(H3,17,18,19,20);3-7H,11H2,1-2H3;1,8H,5-6H2,2-3H3;2H,1H3,(H3,8,9,10,11);1H,3H2,(H4,8,9,10,11,12);3,7H,1-2H2,(H2,5,6);(H5,2,3,4);(H4,2,3,4);(H2,2,3,4);;(H2,1,2,3,4);5*1H2/q;;;;;;;;;;+1;;;;;;/p-1/t10-;9-;7-;;;;;;;;;;;;;;/m000............../s1. The fraction of sp³-hybridized carbons (Fsp3) is 0.274. The molecule has 680 valence electrons. The van der Waals surface area contributed by atoms with Crippen LogP contribution in [-0.4, -0.2) is 161 Å². The number of nitrogens with one attached hydrogen (secondary N) is 5. The number of nitrogen functional groups attached to an aromatic ring is 4. The Morgan fingerprint density at radius 2 is 1.01 bits per heavy atom. The summed E-state index contributed by atoms with van der Waals surface area (Å²) in [6.07, 6.45) is 10.5. The zero-order valence-corrected chi connectivity index (χ0v) is 73.0. The van der Waals surface area contributed by atoms with Crippen LogP contribution in [0.15, 0.2) is 119 Å². The molecule has 10 aromatic rings. The van der Waals surface area contributed by atoms with E-state index in [1.54, 1.807) is 75.4 Å². The first-order valence-electron chi connectivity index (χ1n) is 34.1. The summed E-state index contributed by atoms with van der Waals surface area (Å²) in [5.74, 6) is 5.28. The zero-order valence-electron chi connectivity index (χ0n) is 69.2. The number of carboxylic acid groups (broad SMARTS) is 3. The summed E-state index contributed by atoms with van der Waals surface area (Å²) >= 11 is 0. The molecule has 3 aromatic carbocycles. The van der Waals surface area contributed by atoms with Crippen LogP contribution in [0.1, 0.15) is 150 Å². The van der Waals surface area contributed by atoms with Gasteiger partial charge in [-0.25, -0.2) is 19.2 Å². The maximum atomic E-state index is 11.5. The average Bonchev–Trinajstić information content (AvgIpc) is 1.67. The van der Waals surface area contributed by atoms with Crippen molar-refractivity contribution in [3.05, 3.63) is 168 Å². The third-order valence-corrected chi connectivity index (χ3v) is 14.4. The molecule has 35 N–H and O–H groups in total. The zero-order chi connectivity index (χ0) is 90.9. The maximum Gasteiger partial charge on any atom is 1.00 e. The number of aromatic nitrogens is 8. The molecule has 4 atom stereocenters. The molecule has 0 radical (unpaired) electrons. The molecule has 47 nitrogen and oxygen atoms in total. The molecule has 0 saturated heterocycles. The molecule has 7 heterocycles. The maximum absolute atomic E-state index is 11.5. The van der Waals surface area contributed by atoms with Gasteiger partial charge >= 0.3 is 59.4 Å². The van der Waals surface area contributed by atoms with Crippen LogP contribution in [0.25, 0.3) is 33.3 Å². The molecule has 0 aliphatic heterocycles. The molecule has 1 aliphatic rings. The number of amidine groups is 1. The number of aromatic carboxylic acids is 1. The van der Waals surface area contributed by atoms with E-state index in [1.807, 2.05) is 71.0 Å². The number of carbonyl (C=O) groups excluding carboxylic acids is 5. The largest absolute Gasteiger partial charge is 1.00 e. The Hall–Kier alpha value is -13.9. The molecule has 1 fully saturated rings. The van der Waals surface area contributed by atoms with E-state index in [9.17, 15) is 33.6 Å². The number of hydrogen-bond acceptors (Lipinski definition) is 34. The number of oxime groups is 1. The van der Waals surface area contributed by atoms with Gasteiger partial charge in [0.15, 0.2) is 11.7 Å². The number of nitrogens with zero attached hydrogens (tertiary/aromatic N) is 7. The summed E-state index contributed by atoms with van der Waals surface area (Å²) in [6, 6.07) is 25.7. The second kappa shape index (κ2) is 60.6. The Balaban J connectivity index is -0.000000326. The van der Waals surface area contributed by atoms with Crippen molar-refractivity contribution in [1.29, 1.82) is 5.41 Å². The van der Waals surface area contributed by atoms with E-state index in [0.717, 1.165) is 57.4 Å². The SMILES string of the molecule is C#CCC(C(C)=O)C(=O)OCC.C#CCc1c(O)nc(N)[nH]c1=O.CC(=O)c1ccc([C@H](C)N)cc1.COC(=O)c1ccc([C@H](C)Nc2nc(N)nc3oc(C)cc23)cc1.Cc1cc2c(=O)[nH]c(N)nc2o1.Cc1cc2c(N[C@@H](C)c3ccc(C(=O)O)cc3)nc(N)nc2o1.N/C(=N\O)C1CC1.N=C(N)N.NC(N)=O.O.O=C(O)O.O=S(=O)(O)O.S.S.S.[Li+].[OH-]. The number of carboxylic acids is 1. The number of aromatic amines is 2. The molecule has 125 heavy (non-hydrogen) atoms. The minimum absolute atomic E-state index is 0. The predicted octanol–water partition coefficient (Wildman–Crippen LogP) is 2.30. The van der Waals surface area contributed by atoms with Gasteiger partial charge in [-0.15, -0.1) is 24.7 Å². The fourth-order valence-corrected chi connectivity index (χ4v) is 8.92. The van der Waals surface area contributed by atoms with E-state index in [1.165, 1.54) is 14.0 Å². The molecule has 2 amide bonds. The van der Waals surface area contributed by atoms with Crippen molar-refractivity contribution in [1.82, 2.24) is 39.9 Å². The fourth-order valence-electron chi connectivity index (χ4n) is 8.92. The van der Waals surface area contributed by atoms with Gasteiger partial charge in [0.05, 0.1) is 41.2 Å². The quantitative estimate of drug-likeness (QED) is 0.00630. The number of amides is 2. The number of fused-ring (bicyclic) bond motifs is 3. The number of ether oxygens (including phenoxy) is 2. The number of esters is 2. The molecule has 0 spiro atoms. The van der Waals surface area contributed by atoms with Gasteiger partial charge in [-0.05, 0) is 134 Å². The van der Waals surface area contributed by atoms with Crippen LogP contribution in [0.3, 0.4) is 0 Å². The van der Waals surface area contributed by atoms with Gasteiger partial charge in [0.2, 0.25) is 46.8 Å². The molecule has 1 saturated carbocycles. The number of guanidine groups is 1. The average molecular weight is 1820 g/mol. The minimum atomic E-state index is -4.67. The molecule has 0 bridgehead atoms. The Morgan fingerprint density at radius 1 is 0.648 bits per heavy atom. The first-order chi connectivity index (χ1) is 55.5. The van der Waals surface area contributed by atoms with Gasteiger partial charge in [0.1, 0.15) is 51.8 Å². The number of anilines is 6. The summed E-state index contributed by atoms with van der Waals surface area (Å²) in [6.45, 7) is 16.1. The summed E-state index contributed by atoms with van der Waals surface area (Å²) in [5.41, 5.74) is 55.1. The van der Waals surface area contributed by atoms with Crippen molar-refractivity contribution in [3.8, 4) is 30.6 Å². The van der Waals surface area contributed by atoms with E-state index in [4.69, 9.17) is 123 Å². The molecule has 7 aromatic heterocycles. The predicted molar refractivity (Wildman–Crippen MR) is 475 cm³/mol. The van der Waals surface area contributed by atoms with Crippen LogP contribution in [0.4, 0.5) is 45.0 Å². The summed E-state index contributed by atoms with van der Waals surface area (Å²) in [5, 5.41) is 57.4. The molecule has 52 heteroatoms. The molecule has 1 aliphatic carbocycles. The number of urea groups is 1. The number of hydrogen-bond donors (Lipinski definition) is 22. The number of terminal acetylenes is 2. The van der Waals surface area contributed by atoms with Crippen LogP contribution in [0.2, 0.25) is 0 Å². The summed E-state index contributed by atoms with van der Waals surface area (Å²) < 4.78 is 57.1. The van der Waals surface area contributed by atoms with Crippen molar-refractivity contribution >= 4 is 173 Å². The smallest absolute Gasteiger partial charge is 0.870 e. The number of H-pyrrole nitrogens is 2. The molecular weight excluding hydrogens is 1720 g/mol. The number of furan rings is 3. The van der Waals surface area contributed by atoms with Crippen LogP contribution in [-0.2, 0) is 35.9 Å². The number of rotatable bonds is 16. The number of aromatic hydroxyl groups is 1. The number of nitrogens with two attached hydrogens (primary N) is 10. The topological polar surface area (TPSA) is 878 Å². The second-order valence-corrected chi connectivity index (χ2v) is 25.0. The first kappa shape index (κ1) is 122. The normalized spacial score (nSPS) is 11.1. The van der Waals surface area contributed by atoms with E-state index in [2.05, 4.69) is 95.2 Å². The van der Waals surface area contributed by atoms with Crippen molar-refractivity contribution < 1.29 is 129 Å². The summed E-state index contributed by atoms with van der Waals surface area (Å²) in [4.78, 5) is 123. The van der Waals surface area contributed by atoms with Gasteiger partial charge in [0.25, 0.3) is 11.1 Å². The number of primary amides is 2. The Kier molecular flexibility index (Phi) is 59.1. The van der Waals surface area contributed by atoms with Crippen LogP contribution in [0.5, 0.6) is 5.88 Å². The van der Waals surface area contributed by atoms with Gasteiger partial charge in [-0.2, -0.15) is 78.8 Å². The Labute approximate surface area is 746 Å². The van der Waals surface area contributed by atoms with E-state index >= 15 is 0 Å². The van der Waals surface area contributed by atoms with Crippen molar-refractivity contribution in [3.63, 3.8) is 0 Å². The number of ketones is 2.